The van der Waals surface area contributed by atoms with Gasteiger partial charge < -0.3 is 9.47 Å². The number of hydrogen-bond acceptors (Lipinski definition) is 6. The third-order valence-corrected chi connectivity index (χ3v) is 4.10. The second-order valence-electron chi connectivity index (χ2n) is 6.00. The van der Waals surface area contributed by atoms with Crippen LogP contribution in [0, 0.1) is 5.92 Å². The van der Waals surface area contributed by atoms with Crippen LogP contribution in [0.2, 0.25) is 0 Å². The van der Waals surface area contributed by atoms with E-state index in [1.165, 1.54) is 11.3 Å². The Morgan fingerprint density at radius 3 is 2.68 bits per heavy atom. The van der Waals surface area contributed by atoms with Gasteiger partial charge in [-0.1, -0.05) is 32.1 Å². The summed E-state index contributed by atoms with van der Waals surface area (Å²) < 4.78 is 11.2. The van der Waals surface area contributed by atoms with Crippen LogP contribution >= 0.6 is 11.3 Å². The molecule has 1 aromatic heterocycles. The summed E-state index contributed by atoms with van der Waals surface area (Å²) in [6.45, 7) is 9.29. The van der Waals surface area contributed by atoms with E-state index in [4.69, 9.17) is 9.47 Å². The van der Waals surface area contributed by atoms with Gasteiger partial charge in [-0.05, 0) is 37.5 Å². The molecule has 25 heavy (non-hydrogen) atoms. The Hall–Kier alpha value is -2.15. The van der Waals surface area contributed by atoms with Crippen molar-refractivity contribution in [1.82, 2.24) is 10.2 Å². The first-order valence-corrected chi connectivity index (χ1v) is 9.38. The third kappa shape index (κ3) is 5.70. The van der Waals surface area contributed by atoms with Crippen molar-refractivity contribution in [3.8, 4) is 11.5 Å². The monoisotopic (exact) mass is 363 g/mol. The van der Waals surface area contributed by atoms with Crippen LogP contribution in [0.4, 0.5) is 5.13 Å². The summed E-state index contributed by atoms with van der Waals surface area (Å²) in [5, 5.41) is 12.4. The number of amides is 1. The van der Waals surface area contributed by atoms with Gasteiger partial charge in [0.25, 0.3) is 5.91 Å². The average Bonchev–Trinajstić information content (AvgIpc) is 3.00. The Labute approximate surface area is 152 Å². The number of carbonyl (C=O) groups excluding carboxylic acids is 1. The minimum Gasteiger partial charge on any atom is -0.490 e. The van der Waals surface area contributed by atoms with Crippen LogP contribution in [-0.2, 0) is 6.42 Å². The Morgan fingerprint density at radius 1 is 1.20 bits per heavy atom. The number of rotatable bonds is 9. The molecule has 1 N–H and O–H groups in total. The van der Waals surface area contributed by atoms with Crippen LogP contribution in [0.3, 0.4) is 0 Å². The van der Waals surface area contributed by atoms with Gasteiger partial charge in [0.1, 0.15) is 5.01 Å². The Morgan fingerprint density at radius 2 is 2.00 bits per heavy atom. The summed E-state index contributed by atoms with van der Waals surface area (Å²) in [4.78, 5) is 12.5. The number of nitrogens with zero attached hydrogens (tertiary/aromatic N) is 2. The van der Waals surface area contributed by atoms with E-state index >= 15 is 0 Å². The lowest BCUT2D eigenvalue weighted by atomic mass is 10.1. The molecular weight excluding hydrogens is 338 g/mol. The van der Waals surface area contributed by atoms with Crippen molar-refractivity contribution in [3.05, 3.63) is 28.8 Å². The van der Waals surface area contributed by atoms with Gasteiger partial charge >= 0.3 is 0 Å². The third-order valence-electron chi connectivity index (χ3n) is 3.24. The van der Waals surface area contributed by atoms with Gasteiger partial charge in [-0.3, -0.25) is 10.1 Å². The summed E-state index contributed by atoms with van der Waals surface area (Å²) in [6.07, 6.45) is 1.76. The molecular formula is C18H25N3O3S. The smallest absolute Gasteiger partial charge is 0.257 e. The quantitative estimate of drug-likeness (QED) is 0.723. The highest BCUT2D eigenvalue weighted by atomic mass is 32.1. The fourth-order valence-corrected chi connectivity index (χ4v) is 3.10. The zero-order valence-electron chi connectivity index (χ0n) is 15.2. The largest absolute Gasteiger partial charge is 0.490 e. The fraction of sp³-hybridized carbons (Fsp3) is 0.500. The van der Waals surface area contributed by atoms with Crippen molar-refractivity contribution in [1.29, 1.82) is 0 Å². The van der Waals surface area contributed by atoms with Crippen LogP contribution in [0.1, 0.15) is 49.5 Å². The second kappa shape index (κ2) is 9.36. The maximum absolute atomic E-state index is 12.5. The molecule has 0 saturated heterocycles. The zero-order valence-corrected chi connectivity index (χ0v) is 16.0. The molecule has 0 radical (unpaired) electrons. The molecule has 0 unspecified atom stereocenters. The van der Waals surface area contributed by atoms with Crippen molar-refractivity contribution in [2.24, 2.45) is 5.92 Å². The molecule has 6 nitrogen and oxygen atoms in total. The molecule has 0 bridgehead atoms. The number of ether oxygens (including phenoxy) is 2. The molecule has 1 aromatic carbocycles. The Balaban J connectivity index is 2.10. The maximum atomic E-state index is 12.5. The molecule has 0 aliphatic carbocycles. The van der Waals surface area contributed by atoms with Gasteiger partial charge in [-0.2, -0.15) is 0 Å². The summed E-state index contributed by atoms with van der Waals surface area (Å²) in [6, 6.07) is 5.18. The lowest BCUT2D eigenvalue weighted by Crippen LogP contribution is -2.12. The van der Waals surface area contributed by atoms with E-state index in [0.29, 0.717) is 41.3 Å². The van der Waals surface area contributed by atoms with Crippen LogP contribution in [0.5, 0.6) is 11.5 Å². The van der Waals surface area contributed by atoms with Gasteiger partial charge in [0, 0.05) is 12.0 Å². The zero-order chi connectivity index (χ0) is 18.2. The van der Waals surface area contributed by atoms with Crippen molar-refractivity contribution in [3.63, 3.8) is 0 Å². The number of nitrogens with one attached hydrogen (secondary N) is 1. The van der Waals surface area contributed by atoms with Gasteiger partial charge in [-0.15, -0.1) is 10.2 Å². The van der Waals surface area contributed by atoms with Crippen molar-refractivity contribution in [2.75, 3.05) is 18.5 Å². The van der Waals surface area contributed by atoms with E-state index in [0.717, 1.165) is 17.8 Å². The molecule has 0 aliphatic heterocycles. The molecule has 136 valence electrons. The highest BCUT2D eigenvalue weighted by molar-refractivity contribution is 7.15. The van der Waals surface area contributed by atoms with Crippen LogP contribution in [0.25, 0.3) is 0 Å². The first-order valence-electron chi connectivity index (χ1n) is 8.56. The van der Waals surface area contributed by atoms with Crippen molar-refractivity contribution in [2.45, 2.75) is 40.5 Å². The SMILES string of the molecule is CCCOc1ccc(C(=O)Nc2nnc(CC(C)C)s2)cc1OCC. The molecule has 2 aromatic rings. The predicted octanol–water partition coefficient (Wildman–Crippen LogP) is 4.18. The summed E-state index contributed by atoms with van der Waals surface area (Å²) in [7, 11) is 0. The standard InChI is InChI=1S/C18H25N3O3S/c1-5-9-24-14-8-7-13(11-15(14)23-6-2)17(22)19-18-21-20-16(25-18)10-12(3)4/h7-8,11-12H,5-6,9-10H2,1-4H3,(H,19,21,22). The summed E-state index contributed by atoms with van der Waals surface area (Å²) >= 11 is 1.40. The number of hydrogen-bond donors (Lipinski definition) is 1. The average molecular weight is 363 g/mol. The molecule has 1 amide bonds. The topological polar surface area (TPSA) is 73.3 Å². The van der Waals surface area contributed by atoms with E-state index in [9.17, 15) is 4.79 Å². The first kappa shape index (κ1) is 19.2. The van der Waals surface area contributed by atoms with Crippen LogP contribution in [0.15, 0.2) is 18.2 Å². The molecule has 0 spiro atoms. The van der Waals surface area contributed by atoms with Crippen LogP contribution < -0.4 is 14.8 Å². The van der Waals surface area contributed by atoms with Crippen molar-refractivity contribution >= 4 is 22.4 Å². The van der Waals surface area contributed by atoms with Gasteiger partial charge in [0.2, 0.25) is 5.13 Å². The number of anilines is 1. The minimum absolute atomic E-state index is 0.241. The molecule has 2 rings (SSSR count). The maximum Gasteiger partial charge on any atom is 0.257 e. The highest BCUT2D eigenvalue weighted by Gasteiger charge is 2.14. The Bertz CT molecular complexity index is 701. The minimum atomic E-state index is -0.241. The number of aromatic nitrogens is 2. The molecule has 0 fully saturated rings. The lowest BCUT2D eigenvalue weighted by molar-refractivity contribution is 0.102. The van der Waals surface area contributed by atoms with Crippen molar-refractivity contribution < 1.29 is 14.3 Å². The summed E-state index contributed by atoms with van der Waals surface area (Å²) in [5.41, 5.74) is 0.493. The van der Waals surface area contributed by atoms with Gasteiger partial charge in [0.05, 0.1) is 13.2 Å². The van der Waals surface area contributed by atoms with Gasteiger partial charge in [-0.25, -0.2) is 0 Å². The molecule has 1 heterocycles. The molecule has 0 saturated carbocycles. The molecule has 7 heteroatoms. The molecule has 0 aliphatic rings. The highest BCUT2D eigenvalue weighted by Crippen LogP contribution is 2.29. The normalized spacial score (nSPS) is 10.8. The van der Waals surface area contributed by atoms with E-state index in [1.54, 1.807) is 18.2 Å². The number of benzene rings is 1. The van der Waals surface area contributed by atoms with E-state index in [2.05, 4.69) is 29.4 Å². The number of carbonyl (C=O) groups is 1. The van der Waals surface area contributed by atoms with E-state index in [-0.39, 0.29) is 5.91 Å². The fourth-order valence-electron chi connectivity index (χ4n) is 2.15. The van der Waals surface area contributed by atoms with E-state index in [1.807, 2.05) is 13.8 Å². The van der Waals surface area contributed by atoms with Crippen LogP contribution in [-0.4, -0.2) is 29.3 Å². The predicted molar refractivity (Wildman–Crippen MR) is 99.8 cm³/mol. The van der Waals surface area contributed by atoms with E-state index < -0.39 is 0 Å². The Kier molecular flexibility index (Phi) is 7.18. The molecule has 0 atom stereocenters. The lowest BCUT2D eigenvalue weighted by Gasteiger charge is -2.12. The summed E-state index contributed by atoms with van der Waals surface area (Å²) in [5.74, 6) is 1.48. The second-order valence-corrected chi connectivity index (χ2v) is 7.06. The first-order chi connectivity index (χ1) is 12.0. The van der Waals surface area contributed by atoms with Gasteiger partial charge in [0.15, 0.2) is 11.5 Å².